The maximum atomic E-state index is 10.6. The van der Waals surface area contributed by atoms with Crippen LogP contribution in [0.1, 0.15) is 0 Å². The molecule has 0 saturated heterocycles. The molecule has 0 radical (unpaired) electrons. The Hall–Kier alpha value is 0.160. The van der Waals surface area contributed by atoms with Crippen molar-refractivity contribution in [2.24, 2.45) is 5.73 Å². The lowest BCUT2D eigenvalue weighted by Gasteiger charge is -2.31. The fourth-order valence-corrected chi connectivity index (χ4v) is 1.05. The quantitative estimate of drug-likeness (QED) is 0.170. The van der Waals surface area contributed by atoms with E-state index in [9.17, 15) is 20.1 Å². The van der Waals surface area contributed by atoms with Gasteiger partial charge in [-0.15, -0.1) is 0 Å². The summed E-state index contributed by atoms with van der Waals surface area (Å²) in [4.78, 5) is 10.6. The summed E-state index contributed by atoms with van der Waals surface area (Å²) in [5.74, 6) is 0. The number of aliphatic hydroxyl groups excluding tert-OH is 4. The van der Waals surface area contributed by atoms with Gasteiger partial charge < -0.3 is 25.5 Å². The third-order valence-electron chi connectivity index (χ3n) is 1.61. The number of halogens is 1. The van der Waals surface area contributed by atoms with Crippen molar-refractivity contribution < 1.29 is 31.7 Å². The monoisotopic (exact) mass is 322 g/mol. The second-order valence-corrected chi connectivity index (χ2v) is 3.83. The smallest absolute Gasteiger partial charge is 0.223 e. The average molecular weight is 322 g/mol. The molecule has 0 aliphatic heterocycles. The van der Waals surface area contributed by atoms with Gasteiger partial charge in [0.15, 0.2) is 11.8 Å². The maximum absolute atomic E-state index is 10.6. The van der Waals surface area contributed by atoms with Crippen LogP contribution in [0.25, 0.3) is 0 Å². The Morgan fingerprint density at radius 1 is 1.57 bits per heavy atom. The van der Waals surface area contributed by atoms with Crippen LogP contribution in [-0.2, 0) is 4.79 Å². The van der Waals surface area contributed by atoms with Crippen molar-refractivity contribution in [1.82, 2.24) is 0 Å². The Kier molecular flexibility index (Phi) is 4.63. The fraction of sp³-hybridized carbons (Fsp3) is 0.833. The molecule has 0 rings (SSSR count). The maximum Gasteiger partial charge on any atom is 0.223 e. The van der Waals surface area contributed by atoms with E-state index in [1.54, 1.807) is 0 Å². The molecule has 14 heavy (non-hydrogen) atoms. The van der Waals surface area contributed by atoms with Gasteiger partial charge in [-0.05, 0) is 0 Å². The molecule has 7 N–H and O–H groups in total. The standard InChI is InChI=1S/C6H12INO6/c7-5(13)3(11)2(10)4(12)6(8,14)1-9/h2-4,9-12,14H,1,8H2/t2-,3-,4+,6-/m1/s1/i/hD. The lowest BCUT2D eigenvalue weighted by Crippen LogP contribution is -2.61. The normalized spacial score (nSPS) is 23.1. The Labute approximate surface area is 94.8 Å². The number of carbonyl (C=O) groups is 1. The molecular formula is C6H12INO6. The van der Waals surface area contributed by atoms with Gasteiger partial charge in [0.25, 0.3) is 0 Å². The van der Waals surface area contributed by atoms with Crippen LogP contribution in [0.15, 0.2) is 0 Å². The van der Waals surface area contributed by atoms with E-state index >= 15 is 0 Å². The SMILES string of the molecule is [2H]N[C@@](O)(CO)[C@@H](O)[C@H](O)[C@@H](O)C(=O)I. The first-order valence-electron chi connectivity index (χ1n) is 4.06. The molecule has 0 aliphatic rings. The summed E-state index contributed by atoms with van der Waals surface area (Å²) in [5.41, 5.74) is -1.08. The molecule has 4 atom stereocenters. The highest BCUT2D eigenvalue weighted by molar-refractivity contribution is 14.1. The first-order chi connectivity index (χ1) is 6.80. The van der Waals surface area contributed by atoms with E-state index in [0.717, 1.165) is 0 Å². The second-order valence-electron chi connectivity index (χ2n) is 2.77. The van der Waals surface area contributed by atoms with Crippen molar-refractivity contribution in [3.05, 3.63) is 0 Å². The minimum atomic E-state index is -2.51. The molecule has 7 nitrogen and oxygen atoms in total. The fourth-order valence-electron chi connectivity index (χ4n) is 0.683. The van der Waals surface area contributed by atoms with Crippen LogP contribution < -0.4 is 5.73 Å². The van der Waals surface area contributed by atoms with Crippen molar-refractivity contribution in [2.75, 3.05) is 6.61 Å². The molecule has 0 bridgehead atoms. The number of carbonyl (C=O) groups excluding carboxylic acids is 1. The molecule has 0 aromatic heterocycles. The first kappa shape index (κ1) is 12.2. The molecule has 84 valence electrons. The number of hydrogen-bond acceptors (Lipinski definition) is 7. The molecule has 0 fully saturated rings. The van der Waals surface area contributed by atoms with Gasteiger partial charge in [0.1, 0.15) is 13.6 Å². The van der Waals surface area contributed by atoms with E-state index in [4.69, 9.17) is 11.6 Å². The average Bonchev–Trinajstić information content (AvgIpc) is 2.24. The highest BCUT2D eigenvalue weighted by atomic mass is 127. The van der Waals surface area contributed by atoms with Crippen LogP contribution in [0, 0.1) is 0 Å². The van der Waals surface area contributed by atoms with E-state index in [0.29, 0.717) is 0 Å². The molecular weight excluding hydrogens is 309 g/mol. The molecule has 0 saturated carbocycles. The lowest BCUT2D eigenvalue weighted by molar-refractivity contribution is -0.167. The highest BCUT2D eigenvalue weighted by Gasteiger charge is 2.40. The van der Waals surface area contributed by atoms with Gasteiger partial charge in [-0.3, -0.25) is 10.5 Å². The lowest BCUT2D eigenvalue weighted by atomic mass is 9.99. The van der Waals surface area contributed by atoms with Gasteiger partial charge in [0.2, 0.25) is 3.79 Å². The van der Waals surface area contributed by atoms with Crippen LogP contribution in [0.2, 0.25) is 1.41 Å². The van der Waals surface area contributed by atoms with E-state index in [1.165, 1.54) is 28.3 Å². The Bertz CT molecular complexity index is 226. The van der Waals surface area contributed by atoms with Gasteiger partial charge >= 0.3 is 0 Å². The summed E-state index contributed by atoms with van der Waals surface area (Å²) in [6, 6.07) is 0. The largest absolute Gasteiger partial charge is 0.392 e. The predicted octanol–water partition coefficient (Wildman–Crippen LogP) is -3.33. The topological polar surface area (TPSA) is 144 Å². The van der Waals surface area contributed by atoms with E-state index < -0.39 is 34.4 Å². The number of aliphatic hydroxyl groups is 5. The summed E-state index contributed by atoms with van der Waals surface area (Å²) in [6.45, 7) is -1.07. The molecule has 8 heteroatoms. The molecule has 0 amide bonds. The highest BCUT2D eigenvalue weighted by Crippen LogP contribution is 2.12. The molecule has 0 unspecified atom stereocenters. The van der Waals surface area contributed by atoms with Gasteiger partial charge in [-0.25, -0.2) is 0 Å². The van der Waals surface area contributed by atoms with Crippen LogP contribution in [-0.4, -0.2) is 60.0 Å². The van der Waals surface area contributed by atoms with Gasteiger partial charge in [0, 0.05) is 22.6 Å². The van der Waals surface area contributed by atoms with Crippen molar-refractivity contribution in [3.63, 3.8) is 0 Å². The number of rotatable bonds is 6. The Morgan fingerprint density at radius 2 is 2.07 bits per heavy atom. The second kappa shape index (κ2) is 5.30. The van der Waals surface area contributed by atoms with Crippen LogP contribution >= 0.6 is 22.6 Å². The predicted molar refractivity (Wildman–Crippen MR) is 53.3 cm³/mol. The zero-order valence-corrected chi connectivity index (χ0v) is 9.12. The zero-order chi connectivity index (χ0) is 12.2. The Morgan fingerprint density at radius 3 is 2.36 bits per heavy atom. The molecule has 0 heterocycles. The van der Waals surface area contributed by atoms with E-state index in [1.807, 2.05) is 0 Å². The number of nitrogens with two attached hydrogens (primary N) is 1. The minimum Gasteiger partial charge on any atom is -0.392 e. The van der Waals surface area contributed by atoms with Crippen molar-refractivity contribution in [1.29, 1.82) is 0 Å². The van der Waals surface area contributed by atoms with Crippen molar-refractivity contribution >= 4 is 26.4 Å². The zero-order valence-electron chi connectivity index (χ0n) is 7.96. The van der Waals surface area contributed by atoms with Crippen molar-refractivity contribution in [3.8, 4) is 0 Å². The summed E-state index contributed by atoms with van der Waals surface area (Å²) >= 11 is 1.20. The molecule has 0 aromatic carbocycles. The number of hydrogen-bond donors (Lipinski definition) is 6. The van der Waals surface area contributed by atoms with E-state index in [-0.39, 0.29) is 0 Å². The molecule has 0 spiro atoms. The van der Waals surface area contributed by atoms with Gasteiger partial charge in [-0.2, -0.15) is 0 Å². The van der Waals surface area contributed by atoms with Gasteiger partial charge in [-0.1, -0.05) is 0 Å². The minimum absolute atomic E-state index is 0.843. The third-order valence-corrected chi connectivity index (χ3v) is 2.25. The summed E-state index contributed by atoms with van der Waals surface area (Å²) in [5, 5.41) is 45.6. The molecule has 0 aliphatic carbocycles. The summed E-state index contributed by atoms with van der Waals surface area (Å²) in [7, 11) is 0. The Balaban J connectivity index is 4.68. The van der Waals surface area contributed by atoms with Crippen LogP contribution in [0.4, 0.5) is 0 Å². The van der Waals surface area contributed by atoms with Crippen LogP contribution in [0.3, 0.4) is 0 Å². The van der Waals surface area contributed by atoms with Gasteiger partial charge in [0.05, 0.1) is 6.61 Å². The third kappa shape index (κ3) is 3.38. The molecule has 0 aromatic rings. The summed E-state index contributed by atoms with van der Waals surface area (Å²) in [6.07, 6.45) is -6.01. The first-order valence-corrected chi connectivity index (χ1v) is 4.63. The summed E-state index contributed by atoms with van der Waals surface area (Å²) < 4.78 is 5.79. The van der Waals surface area contributed by atoms with Crippen molar-refractivity contribution in [2.45, 2.75) is 24.0 Å². The van der Waals surface area contributed by atoms with Crippen LogP contribution in [0.5, 0.6) is 0 Å². The van der Waals surface area contributed by atoms with E-state index in [2.05, 4.69) is 0 Å².